The Morgan fingerprint density at radius 3 is 2.44 bits per heavy atom. The van der Waals surface area contributed by atoms with Gasteiger partial charge in [-0.05, 0) is 43.7 Å². The molecule has 3 amide bonds. The number of amides is 3. The molecule has 2 aromatic carbocycles. The highest BCUT2D eigenvalue weighted by Crippen LogP contribution is 2.59. The van der Waals surface area contributed by atoms with Crippen LogP contribution in [0.5, 0.6) is 0 Å². The van der Waals surface area contributed by atoms with E-state index in [9.17, 15) is 24.3 Å². The zero-order valence-electron chi connectivity index (χ0n) is 27.8. The van der Waals surface area contributed by atoms with Crippen molar-refractivity contribution in [2.75, 3.05) is 13.2 Å². The van der Waals surface area contributed by atoms with Crippen molar-refractivity contribution in [2.45, 2.75) is 88.4 Å². The summed E-state index contributed by atoms with van der Waals surface area (Å²) >= 11 is 0. The van der Waals surface area contributed by atoms with Crippen LogP contribution in [-0.2, 0) is 35.2 Å². The topological polar surface area (TPSA) is 125 Å². The number of esters is 1. The largest absolute Gasteiger partial charge is 0.455 e. The first kappa shape index (κ1) is 35.0. The van der Waals surface area contributed by atoms with Gasteiger partial charge in [-0.25, -0.2) is 0 Å². The number of allylic oxidation sites excluding steroid dienone is 1. The molecule has 3 aliphatic rings. The van der Waals surface area contributed by atoms with Gasteiger partial charge >= 0.3 is 5.97 Å². The van der Waals surface area contributed by atoms with E-state index in [1.54, 1.807) is 24.0 Å². The lowest BCUT2D eigenvalue weighted by atomic mass is 9.70. The van der Waals surface area contributed by atoms with Crippen LogP contribution in [0, 0.1) is 11.8 Å². The Hall–Kier alpha value is -4.28. The normalized spacial score (nSPS) is 25.9. The Morgan fingerprint density at radius 1 is 1.12 bits per heavy atom. The van der Waals surface area contributed by atoms with Crippen LogP contribution < -0.4 is 5.32 Å². The van der Waals surface area contributed by atoms with Crippen molar-refractivity contribution in [2.24, 2.45) is 11.8 Å². The molecular formula is C38H47N3O7. The lowest BCUT2D eigenvalue weighted by Crippen LogP contribution is -2.58. The SMILES string of the molecule is C=CCCC(=O)N[C@@H](C)[C@H](OC(=O)[C@@H]1[C@H]2C(=O)N([C@@H](CC)CO)[C@H](C(=O)N(CC=C)Cc3ccccc3)[C@]23CC[C@H]1O3)c1ccccc1. The van der Waals surface area contributed by atoms with Crippen LogP contribution in [0.1, 0.15) is 63.2 Å². The van der Waals surface area contributed by atoms with Gasteiger partial charge in [0.05, 0.1) is 36.6 Å². The minimum atomic E-state index is -1.26. The number of benzene rings is 2. The number of nitrogens with zero attached hydrogens (tertiary/aromatic N) is 2. The van der Waals surface area contributed by atoms with E-state index in [0.717, 1.165) is 5.56 Å². The molecule has 2 bridgehead atoms. The second kappa shape index (κ2) is 15.3. The predicted molar refractivity (Wildman–Crippen MR) is 180 cm³/mol. The highest BCUT2D eigenvalue weighted by atomic mass is 16.6. The van der Waals surface area contributed by atoms with Crippen LogP contribution in [0.4, 0.5) is 0 Å². The quantitative estimate of drug-likeness (QED) is 0.206. The molecule has 2 aromatic rings. The van der Waals surface area contributed by atoms with E-state index in [-0.39, 0.29) is 31.4 Å². The lowest BCUT2D eigenvalue weighted by molar-refractivity contribution is -0.162. The molecule has 0 aliphatic carbocycles. The number of hydrogen-bond acceptors (Lipinski definition) is 7. The average Bonchev–Trinajstić information content (AvgIpc) is 3.74. The summed E-state index contributed by atoms with van der Waals surface area (Å²) in [6, 6.07) is 16.5. The Bertz CT molecular complexity index is 1480. The Balaban J connectivity index is 1.47. The molecule has 3 fully saturated rings. The fraction of sp³-hybridized carbons (Fsp3) is 0.474. The van der Waals surface area contributed by atoms with Crippen molar-refractivity contribution in [3.8, 4) is 0 Å². The minimum absolute atomic E-state index is 0.196. The molecule has 5 rings (SSSR count). The van der Waals surface area contributed by atoms with Gasteiger partial charge in [-0.3, -0.25) is 19.2 Å². The molecule has 3 aliphatic heterocycles. The van der Waals surface area contributed by atoms with Crippen LogP contribution in [0.2, 0.25) is 0 Å². The number of likely N-dealkylation sites (tertiary alicyclic amines) is 1. The standard InChI is InChI=1S/C38H47N3O7/c1-5-8-19-30(43)39-25(4)33(27-17-13-10-14-18-27)47-37(46)31-29-20-21-38(48-29)32(31)35(44)41(28(7-3)24-42)34(38)36(45)40(22-6-2)23-26-15-11-9-12-16-26/h5-6,9-18,25,28-29,31-34,42H,1-2,7-8,19-24H2,3-4H3,(H,39,43)/t25-,28-,29+,31-,32-,33-,34+,38-/m0/s1. The number of aliphatic hydroxyl groups is 1. The third-order valence-corrected chi connectivity index (χ3v) is 9.99. The van der Waals surface area contributed by atoms with Crippen molar-refractivity contribution >= 4 is 23.7 Å². The second-order valence-corrected chi connectivity index (χ2v) is 13.0. The molecule has 256 valence electrons. The number of rotatable bonds is 16. The molecule has 3 saturated heterocycles. The molecule has 2 N–H and O–H groups in total. The van der Waals surface area contributed by atoms with Crippen LogP contribution >= 0.6 is 0 Å². The van der Waals surface area contributed by atoms with Gasteiger partial charge in [0.15, 0.2) is 0 Å². The van der Waals surface area contributed by atoms with Gasteiger partial charge in [-0.15, -0.1) is 13.2 Å². The molecule has 8 atom stereocenters. The number of carbonyl (C=O) groups is 4. The number of aliphatic hydroxyl groups excluding tert-OH is 1. The number of nitrogens with one attached hydrogen (secondary N) is 1. The van der Waals surface area contributed by atoms with Crippen molar-refractivity contribution in [3.63, 3.8) is 0 Å². The summed E-state index contributed by atoms with van der Waals surface area (Å²) in [5.74, 6) is -3.43. The van der Waals surface area contributed by atoms with Crippen molar-refractivity contribution in [1.82, 2.24) is 15.1 Å². The van der Waals surface area contributed by atoms with Gasteiger partial charge < -0.3 is 29.7 Å². The van der Waals surface area contributed by atoms with Gasteiger partial charge in [-0.2, -0.15) is 0 Å². The summed E-state index contributed by atoms with van der Waals surface area (Å²) in [5.41, 5.74) is 0.358. The van der Waals surface area contributed by atoms with Gasteiger partial charge in [0.25, 0.3) is 0 Å². The molecular weight excluding hydrogens is 610 g/mol. The van der Waals surface area contributed by atoms with E-state index in [1.165, 1.54) is 4.90 Å². The molecule has 0 unspecified atom stereocenters. The van der Waals surface area contributed by atoms with Crippen LogP contribution in [-0.4, -0.2) is 81.6 Å². The van der Waals surface area contributed by atoms with Crippen molar-refractivity contribution in [3.05, 3.63) is 97.1 Å². The van der Waals surface area contributed by atoms with Crippen molar-refractivity contribution < 1.29 is 33.8 Å². The maximum atomic E-state index is 14.6. The molecule has 0 saturated carbocycles. The van der Waals surface area contributed by atoms with Gasteiger partial charge in [0, 0.05) is 19.5 Å². The molecule has 0 aromatic heterocycles. The summed E-state index contributed by atoms with van der Waals surface area (Å²) in [6.07, 6.45) is 3.93. The summed E-state index contributed by atoms with van der Waals surface area (Å²) in [4.78, 5) is 59.2. The lowest BCUT2D eigenvalue weighted by Gasteiger charge is -2.39. The van der Waals surface area contributed by atoms with Crippen LogP contribution in [0.25, 0.3) is 0 Å². The van der Waals surface area contributed by atoms with Crippen LogP contribution in [0.15, 0.2) is 86.0 Å². The zero-order valence-corrected chi connectivity index (χ0v) is 27.8. The Morgan fingerprint density at radius 2 is 1.81 bits per heavy atom. The Kier molecular flexibility index (Phi) is 11.2. The van der Waals surface area contributed by atoms with E-state index in [2.05, 4.69) is 18.5 Å². The molecule has 0 radical (unpaired) electrons. The van der Waals surface area contributed by atoms with Gasteiger partial charge in [0.1, 0.15) is 17.7 Å². The number of fused-ring (bicyclic) bond motifs is 1. The maximum absolute atomic E-state index is 14.6. The van der Waals surface area contributed by atoms with E-state index in [0.29, 0.717) is 37.8 Å². The van der Waals surface area contributed by atoms with Crippen molar-refractivity contribution in [1.29, 1.82) is 0 Å². The first-order chi connectivity index (χ1) is 23.2. The number of carbonyl (C=O) groups excluding carboxylic acids is 4. The zero-order chi connectivity index (χ0) is 34.4. The second-order valence-electron chi connectivity index (χ2n) is 13.0. The number of ether oxygens (including phenoxy) is 2. The smallest absolute Gasteiger partial charge is 0.313 e. The summed E-state index contributed by atoms with van der Waals surface area (Å²) in [7, 11) is 0. The maximum Gasteiger partial charge on any atom is 0.313 e. The third-order valence-electron chi connectivity index (χ3n) is 9.99. The van der Waals surface area contributed by atoms with E-state index in [1.807, 2.05) is 67.6 Å². The van der Waals surface area contributed by atoms with Gasteiger partial charge in [-0.1, -0.05) is 79.7 Å². The molecule has 48 heavy (non-hydrogen) atoms. The van der Waals surface area contributed by atoms with Gasteiger partial charge in [0.2, 0.25) is 17.7 Å². The summed E-state index contributed by atoms with van der Waals surface area (Å²) < 4.78 is 12.8. The molecule has 3 heterocycles. The predicted octanol–water partition coefficient (Wildman–Crippen LogP) is 4.10. The molecule has 10 nitrogen and oxygen atoms in total. The average molecular weight is 658 g/mol. The highest BCUT2D eigenvalue weighted by Gasteiger charge is 2.75. The third kappa shape index (κ3) is 6.69. The fourth-order valence-electron chi connectivity index (χ4n) is 7.75. The minimum Gasteiger partial charge on any atom is -0.455 e. The summed E-state index contributed by atoms with van der Waals surface area (Å²) in [5, 5.41) is 13.4. The first-order valence-corrected chi connectivity index (χ1v) is 16.9. The first-order valence-electron chi connectivity index (χ1n) is 16.9. The fourth-order valence-corrected chi connectivity index (χ4v) is 7.75. The molecule has 10 heteroatoms. The van der Waals surface area contributed by atoms with E-state index < -0.39 is 59.6 Å². The summed E-state index contributed by atoms with van der Waals surface area (Å²) in [6.45, 7) is 11.4. The highest BCUT2D eigenvalue weighted by molar-refractivity contribution is 5.98. The number of hydrogen-bond donors (Lipinski definition) is 2. The van der Waals surface area contributed by atoms with E-state index >= 15 is 0 Å². The Labute approximate surface area is 282 Å². The molecule has 1 spiro atoms. The van der Waals surface area contributed by atoms with Crippen LogP contribution in [0.3, 0.4) is 0 Å². The monoisotopic (exact) mass is 657 g/mol. The van der Waals surface area contributed by atoms with E-state index in [4.69, 9.17) is 9.47 Å².